The van der Waals surface area contributed by atoms with Crippen LogP contribution in [0, 0.1) is 0 Å². The zero-order valence-electron chi connectivity index (χ0n) is 12.2. The van der Waals surface area contributed by atoms with Crippen LogP contribution in [0.5, 0.6) is 5.75 Å². The van der Waals surface area contributed by atoms with E-state index in [1.54, 1.807) is 0 Å². The zero-order valence-corrected chi connectivity index (χ0v) is 13.7. The van der Waals surface area contributed by atoms with Crippen molar-refractivity contribution in [1.82, 2.24) is 10.2 Å². The summed E-state index contributed by atoms with van der Waals surface area (Å²) in [6.45, 7) is 8.21. The Hall–Kier alpha value is -0.580. The van der Waals surface area contributed by atoms with Crippen molar-refractivity contribution in [2.75, 3.05) is 33.3 Å². The molecule has 1 N–H and O–H groups in total. The van der Waals surface area contributed by atoms with Crippen LogP contribution in [-0.4, -0.2) is 44.2 Å². The van der Waals surface area contributed by atoms with E-state index >= 15 is 0 Å². The van der Waals surface area contributed by atoms with Crippen molar-refractivity contribution < 1.29 is 4.74 Å². The first kappa shape index (κ1) is 16.5. The molecule has 1 aromatic carbocycles. The van der Waals surface area contributed by atoms with Crippen molar-refractivity contribution >= 4 is 15.9 Å². The molecule has 0 fully saturated rings. The summed E-state index contributed by atoms with van der Waals surface area (Å²) < 4.78 is 6.70. The summed E-state index contributed by atoms with van der Waals surface area (Å²) in [5.74, 6) is 0.913. The second-order valence-corrected chi connectivity index (χ2v) is 5.90. The molecule has 0 aliphatic heterocycles. The van der Waals surface area contributed by atoms with Gasteiger partial charge in [0.2, 0.25) is 0 Å². The lowest BCUT2D eigenvalue weighted by Gasteiger charge is -2.20. The van der Waals surface area contributed by atoms with Crippen molar-refractivity contribution in [3.05, 3.63) is 28.7 Å². The largest absolute Gasteiger partial charge is 0.492 e. The van der Waals surface area contributed by atoms with E-state index in [0.717, 1.165) is 29.9 Å². The van der Waals surface area contributed by atoms with Gasteiger partial charge in [0, 0.05) is 17.1 Å². The molecular weight excluding hydrogens is 304 g/mol. The van der Waals surface area contributed by atoms with Crippen LogP contribution in [0.1, 0.15) is 20.3 Å². The molecule has 1 aromatic rings. The van der Waals surface area contributed by atoms with Crippen molar-refractivity contribution in [3.8, 4) is 5.75 Å². The van der Waals surface area contributed by atoms with E-state index in [4.69, 9.17) is 4.74 Å². The molecule has 4 heteroatoms. The molecule has 1 rings (SSSR count). The Balaban J connectivity index is 2.00. The Morgan fingerprint density at radius 1 is 1.32 bits per heavy atom. The predicted molar refractivity (Wildman–Crippen MR) is 84.9 cm³/mol. The fourth-order valence-electron chi connectivity index (χ4n) is 1.63. The SMILES string of the molecule is CC(C)N(C)CCCNCCOc1cccc(Br)c1. The highest BCUT2D eigenvalue weighted by Gasteiger charge is 2.01. The fourth-order valence-corrected chi connectivity index (χ4v) is 2.01. The number of benzene rings is 1. The zero-order chi connectivity index (χ0) is 14.1. The molecule has 0 saturated heterocycles. The third kappa shape index (κ3) is 7.55. The molecule has 0 atom stereocenters. The topological polar surface area (TPSA) is 24.5 Å². The average molecular weight is 329 g/mol. The van der Waals surface area contributed by atoms with E-state index in [9.17, 15) is 0 Å². The maximum absolute atomic E-state index is 5.65. The minimum Gasteiger partial charge on any atom is -0.492 e. The van der Waals surface area contributed by atoms with Crippen LogP contribution in [-0.2, 0) is 0 Å². The normalized spacial score (nSPS) is 11.3. The van der Waals surface area contributed by atoms with Crippen LogP contribution in [0.25, 0.3) is 0 Å². The number of nitrogens with one attached hydrogen (secondary N) is 1. The number of hydrogen-bond acceptors (Lipinski definition) is 3. The lowest BCUT2D eigenvalue weighted by Crippen LogP contribution is -2.30. The minimum absolute atomic E-state index is 0.625. The van der Waals surface area contributed by atoms with Crippen molar-refractivity contribution in [2.24, 2.45) is 0 Å². The van der Waals surface area contributed by atoms with E-state index in [1.165, 1.54) is 6.42 Å². The van der Waals surface area contributed by atoms with Crippen LogP contribution < -0.4 is 10.1 Å². The van der Waals surface area contributed by atoms with E-state index < -0.39 is 0 Å². The molecule has 0 amide bonds. The molecule has 19 heavy (non-hydrogen) atoms. The number of hydrogen-bond donors (Lipinski definition) is 1. The molecule has 0 saturated carbocycles. The van der Waals surface area contributed by atoms with Gasteiger partial charge >= 0.3 is 0 Å². The summed E-state index contributed by atoms with van der Waals surface area (Å²) in [5.41, 5.74) is 0. The molecule has 0 spiro atoms. The molecule has 0 heterocycles. The first-order chi connectivity index (χ1) is 9.09. The van der Waals surface area contributed by atoms with Crippen molar-refractivity contribution in [3.63, 3.8) is 0 Å². The van der Waals surface area contributed by atoms with Gasteiger partial charge in [0.1, 0.15) is 12.4 Å². The van der Waals surface area contributed by atoms with Crippen molar-refractivity contribution in [1.29, 1.82) is 0 Å². The van der Waals surface area contributed by atoms with Gasteiger partial charge in [0.15, 0.2) is 0 Å². The number of rotatable bonds is 9. The molecule has 0 aliphatic rings. The van der Waals surface area contributed by atoms with Gasteiger partial charge in [0.25, 0.3) is 0 Å². The van der Waals surface area contributed by atoms with Gasteiger partial charge in [-0.05, 0) is 58.6 Å². The molecule has 0 aliphatic carbocycles. The van der Waals surface area contributed by atoms with Crippen LogP contribution in [0.4, 0.5) is 0 Å². The highest BCUT2D eigenvalue weighted by atomic mass is 79.9. The molecule has 3 nitrogen and oxygen atoms in total. The summed E-state index contributed by atoms with van der Waals surface area (Å²) in [7, 11) is 2.17. The van der Waals surface area contributed by atoms with Crippen molar-refractivity contribution in [2.45, 2.75) is 26.3 Å². The Bertz CT molecular complexity index is 358. The van der Waals surface area contributed by atoms with E-state index in [2.05, 4.69) is 47.0 Å². The predicted octanol–water partition coefficient (Wildman–Crippen LogP) is 3.15. The third-order valence-electron chi connectivity index (χ3n) is 3.09. The van der Waals surface area contributed by atoms with Gasteiger partial charge in [-0.25, -0.2) is 0 Å². The fraction of sp³-hybridized carbons (Fsp3) is 0.600. The van der Waals surface area contributed by atoms with Gasteiger partial charge in [-0.2, -0.15) is 0 Å². The van der Waals surface area contributed by atoms with Gasteiger partial charge in [-0.15, -0.1) is 0 Å². The second kappa shape index (κ2) is 9.34. The maximum Gasteiger partial charge on any atom is 0.120 e. The molecule has 0 bridgehead atoms. The molecule has 0 radical (unpaired) electrons. The standard InChI is InChI=1S/C15H25BrN2O/c1-13(2)18(3)10-5-8-17-9-11-19-15-7-4-6-14(16)12-15/h4,6-7,12-13,17H,5,8-11H2,1-3H3. The highest BCUT2D eigenvalue weighted by molar-refractivity contribution is 9.10. The molecular formula is C15H25BrN2O. The quantitative estimate of drug-likeness (QED) is 0.705. The van der Waals surface area contributed by atoms with E-state index in [-0.39, 0.29) is 0 Å². The molecule has 0 aromatic heterocycles. The lowest BCUT2D eigenvalue weighted by molar-refractivity contribution is 0.266. The first-order valence-electron chi connectivity index (χ1n) is 6.89. The van der Waals surface area contributed by atoms with E-state index in [1.807, 2.05) is 24.3 Å². The minimum atomic E-state index is 0.625. The summed E-state index contributed by atoms with van der Waals surface area (Å²) in [6, 6.07) is 8.56. The smallest absolute Gasteiger partial charge is 0.120 e. The number of nitrogens with zero attached hydrogens (tertiary/aromatic N) is 1. The number of halogens is 1. The summed E-state index contributed by atoms with van der Waals surface area (Å²) >= 11 is 3.43. The van der Waals surface area contributed by atoms with Crippen LogP contribution in [0.2, 0.25) is 0 Å². The first-order valence-corrected chi connectivity index (χ1v) is 7.68. The summed E-state index contributed by atoms with van der Waals surface area (Å²) in [5, 5.41) is 3.40. The summed E-state index contributed by atoms with van der Waals surface area (Å²) in [4.78, 5) is 2.36. The average Bonchev–Trinajstić information content (AvgIpc) is 2.37. The van der Waals surface area contributed by atoms with Crippen LogP contribution >= 0.6 is 15.9 Å². The molecule has 0 unspecified atom stereocenters. The van der Waals surface area contributed by atoms with Gasteiger partial charge in [0.05, 0.1) is 0 Å². The summed E-state index contributed by atoms with van der Waals surface area (Å²) in [6.07, 6.45) is 1.17. The third-order valence-corrected chi connectivity index (χ3v) is 3.58. The Kier molecular flexibility index (Phi) is 8.10. The second-order valence-electron chi connectivity index (χ2n) is 4.98. The van der Waals surface area contributed by atoms with E-state index in [0.29, 0.717) is 12.6 Å². The Labute approximate surface area is 125 Å². The molecule has 108 valence electrons. The van der Waals surface area contributed by atoms with Gasteiger partial charge in [-0.3, -0.25) is 0 Å². The van der Waals surface area contributed by atoms with Crippen LogP contribution in [0.3, 0.4) is 0 Å². The monoisotopic (exact) mass is 328 g/mol. The van der Waals surface area contributed by atoms with Gasteiger partial charge < -0.3 is 15.0 Å². The lowest BCUT2D eigenvalue weighted by atomic mass is 10.3. The number of ether oxygens (including phenoxy) is 1. The van der Waals surface area contributed by atoms with Gasteiger partial charge in [-0.1, -0.05) is 22.0 Å². The Morgan fingerprint density at radius 3 is 2.79 bits per heavy atom. The highest BCUT2D eigenvalue weighted by Crippen LogP contribution is 2.17. The van der Waals surface area contributed by atoms with Crippen LogP contribution in [0.15, 0.2) is 28.7 Å². The Morgan fingerprint density at radius 2 is 2.11 bits per heavy atom. The maximum atomic E-state index is 5.65.